The number of fused-ring (bicyclic) bond motifs is 4. The maximum atomic E-state index is 17.1. The summed E-state index contributed by atoms with van der Waals surface area (Å²) in [6, 6.07) is 7.13. The van der Waals surface area contributed by atoms with Gasteiger partial charge in [0.05, 0.1) is 17.6 Å². The molecule has 0 spiro atoms. The highest BCUT2D eigenvalue weighted by molar-refractivity contribution is 6.32. The van der Waals surface area contributed by atoms with Crippen LogP contribution in [0.3, 0.4) is 0 Å². The number of piperazine rings is 1. The van der Waals surface area contributed by atoms with Crippen LogP contribution in [-0.4, -0.2) is 102 Å². The summed E-state index contributed by atoms with van der Waals surface area (Å²) in [6.45, 7) is 8.03. The van der Waals surface area contributed by atoms with Gasteiger partial charge in [-0.15, -0.1) is 0 Å². The summed E-state index contributed by atoms with van der Waals surface area (Å²) in [5, 5.41) is 1.07. The largest absolute Gasteiger partial charge is 0.467 e. The maximum absolute atomic E-state index is 17.1. The molecule has 1 amide bonds. The number of amides is 1. The van der Waals surface area contributed by atoms with Crippen LogP contribution in [0.25, 0.3) is 22.0 Å². The molecule has 4 aliphatic heterocycles. The minimum atomic E-state index is -0.906. The molecule has 5 heterocycles. The number of hydrogen-bond donors (Lipinski definition) is 0. The average molecular weight is 712 g/mol. The third-order valence-corrected chi connectivity index (χ3v) is 11.2. The second-order valence-electron chi connectivity index (χ2n) is 15.5. The highest BCUT2D eigenvalue weighted by atomic mass is 35.5. The Morgan fingerprint density at radius 3 is 2.62 bits per heavy atom. The van der Waals surface area contributed by atoms with Crippen LogP contribution < -0.4 is 14.4 Å². The fourth-order valence-corrected chi connectivity index (χ4v) is 8.91. The van der Waals surface area contributed by atoms with Gasteiger partial charge in [-0.1, -0.05) is 17.7 Å². The zero-order valence-electron chi connectivity index (χ0n) is 29.0. The Hall–Kier alpha value is -3.48. The van der Waals surface area contributed by atoms with Crippen LogP contribution in [0.2, 0.25) is 5.02 Å². The van der Waals surface area contributed by atoms with Crippen molar-refractivity contribution >= 4 is 34.4 Å². The van der Waals surface area contributed by atoms with Gasteiger partial charge in [0.2, 0.25) is 0 Å². The molecule has 0 unspecified atom stereocenters. The standard InChI is InChI=1S/C37H44ClF2N5O5/c1-36(2,3)50-35(46)45-18-23-12-24(45)17-44(23)33-27-9-8-26(28-13-25(49-20-47-4)14-29(38)30(28)21-6-7-21)31(40)32(27)41-34(42-33)48-19-37-10-5-11-43(37)16-22(39)15-37/h8-9,13-14,21-24H,5-7,10-12,15-20H2,1-4H3/t22-,23-,24-,37+/m1/s1. The third kappa shape index (κ3) is 6.11. The number of anilines is 1. The van der Waals surface area contributed by atoms with E-state index in [0.29, 0.717) is 59.2 Å². The Balaban J connectivity index is 1.19. The number of likely N-dealkylation sites (tertiary alicyclic amines) is 1. The lowest BCUT2D eigenvalue weighted by molar-refractivity contribution is 0.0214. The summed E-state index contributed by atoms with van der Waals surface area (Å²) >= 11 is 6.81. The van der Waals surface area contributed by atoms with Crippen molar-refractivity contribution in [3.63, 3.8) is 0 Å². The molecule has 268 valence electrons. The minimum Gasteiger partial charge on any atom is -0.467 e. The number of carbonyl (C=O) groups excluding carboxylic acids is 1. The van der Waals surface area contributed by atoms with E-state index in [2.05, 4.69) is 9.80 Å². The molecule has 13 heteroatoms. The summed E-state index contributed by atoms with van der Waals surface area (Å²) in [5.41, 5.74) is 1.01. The fourth-order valence-electron chi connectivity index (χ4n) is 8.55. The predicted molar refractivity (Wildman–Crippen MR) is 185 cm³/mol. The van der Waals surface area contributed by atoms with Gasteiger partial charge in [-0.2, -0.15) is 9.97 Å². The number of hydrogen-bond acceptors (Lipinski definition) is 9. The van der Waals surface area contributed by atoms with Gasteiger partial charge in [0.15, 0.2) is 12.6 Å². The summed E-state index contributed by atoms with van der Waals surface area (Å²) in [4.78, 5) is 28.7. The smallest absolute Gasteiger partial charge is 0.410 e. The number of halogens is 3. The van der Waals surface area contributed by atoms with Crippen molar-refractivity contribution in [3.8, 4) is 22.9 Å². The van der Waals surface area contributed by atoms with Crippen LogP contribution in [0.1, 0.15) is 70.8 Å². The van der Waals surface area contributed by atoms with Crippen LogP contribution in [0, 0.1) is 5.82 Å². The van der Waals surface area contributed by atoms with E-state index in [1.54, 1.807) is 17.0 Å². The van der Waals surface area contributed by atoms with Crippen LogP contribution in [0.4, 0.5) is 19.4 Å². The third-order valence-electron chi connectivity index (χ3n) is 10.9. The molecule has 10 nitrogen and oxygen atoms in total. The lowest BCUT2D eigenvalue weighted by Gasteiger charge is -2.36. The van der Waals surface area contributed by atoms with Crippen molar-refractivity contribution < 1.29 is 32.5 Å². The van der Waals surface area contributed by atoms with E-state index >= 15 is 4.39 Å². The Morgan fingerprint density at radius 2 is 1.90 bits per heavy atom. The van der Waals surface area contributed by atoms with E-state index < -0.39 is 23.1 Å². The molecule has 4 saturated heterocycles. The number of methoxy groups -OCH3 is 1. The molecule has 5 fully saturated rings. The minimum absolute atomic E-state index is 0.0292. The van der Waals surface area contributed by atoms with Crippen molar-refractivity contribution in [2.45, 2.75) is 94.6 Å². The van der Waals surface area contributed by atoms with E-state index in [9.17, 15) is 9.18 Å². The van der Waals surface area contributed by atoms with Crippen LogP contribution >= 0.6 is 11.6 Å². The summed E-state index contributed by atoms with van der Waals surface area (Å²) in [7, 11) is 1.54. The lowest BCUT2D eigenvalue weighted by atomic mass is 9.94. The first-order valence-corrected chi connectivity index (χ1v) is 18.0. The van der Waals surface area contributed by atoms with Gasteiger partial charge in [-0.05, 0) is 94.7 Å². The molecule has 50 heavy (non-hydrogen) atoms. The molecule has 1 aromatic heterocycles. The summed E-state index contributed by atoms with van der Waals surface area (Å²) < 4.78 is 54.6. The van der Waals surface area contributed by atoms with Crippen LogP contribution in [-0.2, 0) is 9.47 Å². The predicted octanol–water partition coefficient (Wildman–Crippen LogP) is 7.10. The molecule has 2 bridgehead atoms. The van der Waals surface area contributed by atoms with Crippen molar-refractivity contribution in [3.05, 3.63) is 40.7 Å². The Labute approximate surface area is 296 Å². The zero-order valence-corrected chi connectivity index (χ0v) is 29.8. The molecule has 0 N–H and O–H groups in total. The monoisotopic (exact) mass is 711 g/mol. The molecule has 3 aromatic rings. The van der Waals surface area contributed by atoms with E-state index in [0.717, 1.165) is 44.2 Å². The first kappa shape index (κ1) is 33.7. The Morgan fingerprint density at radius 1 is 1.08 bits per heavy atom. The molecule has 2 aromatic carbocycles. The van der Waals surface area contributed by atoms with E-state index in [1.165, 1.54) is 7.11 Å². The second-order valence-corrected chi connectivity index (χ2v) is 15.9. The number of carbonyl (C=O) groups is 1. The van der Waals surface area contributed by atoms with Crippen molar-refractivity contribution in [1.29, 1.82) is 0 Å². The Bertz CT molecular complexity index is 1820. The molecular weight excluding hydrogens is 668 g/mol. The van der Waals surface area contributed by atoms with Gasteiger partial charge in [0, 0.05) is 49.1 Å². The first-order chi connectivity index (χ1) is 23.9. The van der Waals surface area contributed by atoms with Crippen LogP contribution in [0.5, 0.6) is 11.8 Å². The number of ether oxygens (including phenoxy) is 4. The van der Waals surface area contributed by atoms with Crippen molar-refractivity contribution in [2.24, 2.45) is 0 Å². The number of benzene rings is 2. The van der Waals surface area contributed by atoms with Crippen molar-refractivity contribution in [1.82, 2.24) is 19.8 Å². The molecule has 1 aliphatic carbocycles. The van der Waals surface area contributed by atoms with E-state index in [1.807, 2.05) is 32.9 Å². The number of aromatic nitrogens is 2. The second kappa shape index (κ2) is 12.6. The highest BCUT2D eigenvalue weighted by Crippen LogP contribution is 2.50. The SMILES string of the molecule is COCOc1cc(Cl)c(C2CC2)c(-c2ccc3c(N4C[C@H]5C[C@@H]4CN5C(=O)OC(C)(C)C)nc(OC[C@@]45CCCN4C[C@H](F)C5)nc3c2F)c1. The number of rotatable bonds is 9. The van der Waals surface area contributed by atoms with E-state index in [-0.39, 0.29) is 49.0 Å². The first-order valence-electron chi connectivity index (χ1n) is 17.7. The number of nitrogens with zero attached hydrogens (tertiary/aromatic N) is 5. The summed E-state index contributed by atoms with van der Waals surface area (Å²) in [6.07, 6.45) is 3.65. The van der Waals surface area contributed by atoms with Gasteiger partial charge in [-0.25, -0.2) is 13.6 Å². The van der Waals surface area contributed by atoms with Gasteiger partial charge >= 0.3 is 12.1 Å². The zero-order chi connectivity index (χ0) is 34.9. The van der Waals surface area contributed by atoms with Gasteiger partial charge in [-0.3, -0.25) is 4.90 Å². The maximum Gasteiger partial charge on any atom is 0.410 e. The molecule has 8 rings (SSSR count). The highest BCUT2D eigenvalue weighted by Gasteiger charge is 2.50. The molecular formula is C37H44ClF2N5O5. The molecule has 0 radical (unpaired) electrons. The van der Waals surface area contributed by atoms with E-state index in [4.69, 9.17) is 40.5 Å². The Kier molecular flexibility index (Phi) is 8.50. The normalized spacial score (nSPS) is 26.3. The van der Waals surface area contributed by atoms with Gasteiger partial charge in [0.25, 0.3) is 0 Å². The molecule has 4 atom stereocenters. The van der Waals surface area contributed by atoms with Crippen molar-refractivity contribution in [2.75, 3.05) is 51.6 Å². The van der Waals surface area contributed by atoms with Gasteiger partial charge in [0.1, 0.15) is 35.5 Å². The molecule has 1 saturated carbocycles. The quantitative estimate of drug-likeness (QED) is 0.216. The van der Waals surface area contributed by atoms with Gasteiger partial charge < -0.3 is 28.7 Å². The topological polar surface area (TPSA) is 89.5 Å². The fraction of sp³-hybridized carbons (Fsp3) is 0.595. The summed E-state index contributed by atoms with van der Waals surface area (Å²) in [5.74, 6) is 0.758. The average Bonchev–Trinajstić information content (AvgIpc) is 3.35. The lowest BCUT2D eigenvalue weighted by Crippen LogP contribution is -2.50. The number of alkyl halides is 1. The van der Waals surface area contributed by atoms with Crippen LogP contribution in [0.15, 0.2) is 24.3 Å². The molecule has 5 aliphatic rings.